The molecule has 3 aromatic rings. The molecule has 2 atom stereocenters. The summed E-state index contributed by atoms with van der Waals surface area (Å²) >= 11 is 0. The number of carbonyl (C=O) groups excluding carboxylic acids is 3. The van der Waals surface area contributed by atoms with Crippen LogP contribution < -0.4 is 5.32 Å². The van der Waals surface area contributed by atoms with Crippen molar-refractivity contribution in [2.24, 2.45) is 0 Å². The third-order valence-corrected chi connectivity index (χ3v) is 8.84. The van der Waals surface area contributed by atoms with Crippen LogP contribution >= 0.6 is 0 Å². The number of nitrogens with zero attached hydrogens (tertiary/aromatic N) is 4. The largest absolute Gasteiger partial charge is 0.383 e. The van der Waals surface area contributed by atoms with Crippen LogP contribution in [0, 0.1) is 0 Å². The van der Waals surface area contributed by atoms with E-state index in [0.29, 0.717) is 37.8 Å². The van der Waals surface area contributed by atoms with Gasteiger partial charge in [0.2, 0.25) is 11.8 Å². The van der Waals surface area contributed by atoms with Crippen LogP contribution in [-0.4, -0.2) is 82.6 Å². The zero-order valence-electron chi connectivity index (χ0n) is 22.6. The van der Waals surface area contributed by atoms with Gasteiger partial charge in [-0.15, -0.1) is 0 Å². The molecule has 3 amide bonds. The van der Waals surface area contributed by atoms with Gasteiger partial charge in [0.25, 0.3) is 5.91 Å². The van der Waals surface area contributed by atoms with Gasteiger partial charge in [-0.25, -0.2) is 4.98 Å². The molecule has 0 saturated carbocycles. The summed E-state index contributed by atoms with van der Waals surface area (Å²) in [5.74, 6) is -0.855. The maximum Gasteiger partial charge on any atom is 0.255 e. The number of imide groups is 1. The predicted octanol–water partition coefficient (Wildman–Crippen LogP) is 2.65. The number of likely N-dealkylation sites (tertiary alicyclic amines) is 1. The van der Waals surface area contributed by atoms with Gasteiger partial charge in [-0.2, -0.15) is 0 Å². The van der Waals surface area contributed by atoms with Crippen molar-refractivity contribution in [1.29, 1.82) is 0 Å². The van der Waals surface area contributed by atoms with E-state index in [9.17, 15) is 14.4 Å². The molecule has 4 aliphatic heterocycles. The van der Waals surface area contributed by atoms with Gasteiger partial charge in [0.1, 0.15) is 11.7 Å². The minimum Gasteiger partial charge on any atom is -0.383 e. The summed E-state index contributed by atoms with van der Waals surface area (Å²) < 4.78 is 13.2. The maximum absolute atomic E-state index is 13.2. The summed E-state index contributed by atoms with van der Waals surface area (Å²) in [7, 11) is 1.76. The molecule has 0 bridgehead atoms. The third kappa shape index (κ3) is 4.31. The van der Waals surface area contributed by atoms with Gasteiger partial charge in [0.05, 0.1) is 31.6 Å². The summed E-state index contributed by atoms with van der Waals surface area (Å²) in [5, 5.41) is 3.52. The lowest BCUT2D eigenvalue weighted by atomic mass is 10.0. The number of pyridine rings is 1. The first-order valence-corrected chi connectivity index (χ1v) is 14.1. The van der Waals surface area contributed by atoms with Gasteiger partial charge < -0.3 is 18.9 Å². The summed E-state index contributed by atoms with van der Waals surface area (Å²) in [4.78, 5) is 46.5. The molecule has 6 heterocycles. The molecule has 1 aromatic carbocycles. The van der Waals surface area contributed by atoms with Gasteiger partial charge in [-0.1, -0.05) is 6.07 Å². The van der Waals surface area contributed by atoms with E-state index in [1.165, 1.54) is 5.56 Å². The molecule has 0 aliphatic carbocycles. The Bertz CT molecular complexity index is 1510. The molecule has 40 heavy (non-hydrogen) atoms. The Labute approximate surface area is 232 Å². The number of piperidine rings is 1. The Kier molecular flexibility index (Phi) is 6.41. The van der Waals surface area contributed by atoms with Crippen LogP contribution in [0.4, 0.5) is 0 Å². The first-order chi connectivity index (χ1) is 19.5. The summed E-state index contributed by atoms with van der Waals surface area (Å²) in [6, 6.07) is 10.2. The fourth-order valence-corrected chi connectivity index (χ4v) is 6.59. The van der Waals surface area contributed by atoms with E-state index in [-0.39, 0.29) is 24.3 Å². The number of benzene rings is 1. The molecule has 3 saturated heterocycles. The van der Waals surface area contributed by atoms with Crippen LogP contribution in [0.2, 0.25) is 0 Å². The van der Waals surface area contributed by atoms with E-state index >= 15 is 0 Å². The normalized spacial score (nSPS) is 23.6. The summed E-state index contributed by atoms with van der Waals surface area (Å²) in [5.41, 5.74) is 5.45. The topological polar surface area (TPSA) is 106 Å². The second-order valence-corrected chi connectivity index (χ2v) is 11.3. The van der Waals surface area contributed by atoms with Crippen LogP contribution in [0.3, 0.4) is 0 Å². The highest BCUT2D eigenvalue weighted by molar-refractivity contribution is 6.05. The maximum atomic E-state index is 13.2. The number of carbonyl (C=O) groups is 3. The van der Waals surface area contributed by atoms with Crippen molar-refractivity contribution >= 4 is 28.8 Å². The molecule has 3 fully saturated rings. The number of hydrogen-bond donors (Lipinski definition) is 1. The molecule has 0 radical (unpaired) electrons. The molecule has 10 nitrogen and oxygen atoms in total. The van der Waals surface area contributed by atoms with Gasteiger partial charge in [0.15, 0.2) is 0 Å². The quantitative estimate of drug-likeness (QED) is 0.457. The van der Waals surface area contributed by atoms with E-state index in [0.717, 1.165) is 60.4 Å². The monoisotopic (exact) mass is 543 g/mol. The molecule has 1 N–H and O–H groups in total. The first kappa shape index (κ1) is 25.4. The van der Waals surface area contributed by atoms with Crippen LogP contribution in [-0.2, 0) is 32.2 Å². The number of ether oxygens (including phenoxy) is 2. The van der Waals surface area contributed by atoms with Crippen molar-refractivity contribution in [3.63, 3.8) is 0 Å². The van der Waals surface area contributed by atoms with Crippen molar-refractivity contribution in [3.8, 4) is 11.3 Å². The van der Waals surface area contributed by atoms with Crippen molar-refractivity contribution in [2.45, 2.75) is 56.9 Å². The van der Waals surface area contributed by atoms with E-state index in [4.69, 9.17) is 14.5 Å². The second-order valence-electron chi connectivity index (χ2n) is 11.3. The second kappa shape index (κ2) is 10.1. The zero-order valence-corrected chi connectivity index (χ0v) is 22.6. The van der Waals surface area contributed by atoms with Crippen LogP contribution in [0.5, 0.6) is 0 Å². The summed E-state index contributed by atoms with van der Waals surface area (Å²) in [6.45, 7) is 4.30. The van der Waals surface area contributed by atoms with Crippen molar-refractivity contribution in [3.05, 3.63) is 53.2 Å². The zero-order chi connectivity index (χ0) is 27.4. The summed E-state index contributed by atoms with van der Waals surface area (Å²) in [6.07, 6.45) is 5.01. The molecule has 7 rings (SSSR count). The molecule has 10 heteroatoms. The molecule has 0 spiro atoms. The van der Waals surface area contributed by atoms with Crippen LogP contribution in [0.1, 0.15) is 53.2 Å². The molecule has 208 valence electrons. The highest BCUT2D eigenvalue weighted by Crippen LogP contribution is 2.34. The Morgan fingerprint density at radius 2 is 2.00 bits per heavy atom. The number of nitrogens with one attached hydrogen (secondary N) is 1. The Morgan fingerprint density at radius 1 is 1.12 bits per heavy atom. The Morgan fingerprint density at radius 3 is 2.77 bits per heavy atom. The van der Waals surface area contributed by atoms with Crippen LogP contribution in [0.25, 0.3) is 22.3 Å². The lowest BCUT2D eigenvalue weighted by Crippen LogP contribution is -2.52. The standard InChI is InChI=1S/C30H33N5O5/c1-39-15-21-3-2-9-33(21)13-20-12-25(31-28-23(20)8-10-34(28)22-16-40-17-22)18-4-5-24-19(11-18)14-35(30(24)38)26-6-7-27(36)32-29(26)37/h4-5,8,10-12,21-22,26H,2-3,6-7,9,13-17H2,1H3,(H,32,36,37). The Hall–Kier alpha value is -3.60. The van der Waals surface area contributed by atoms with Crippen LogP contribution in [0.15, 0.2) is 36.5 Å². The van der Waals surface area contributed by atoms with E-state index in [2.05, 4.69) is 33.1 Å². The SMILES string of the molecule is COCC1CCCN1Cc1cc(-c2ccc3c(c2)CN(C2CCC(=O)NC2=O)C3=O)nc2c1ccn2C1COC1. The van der Waals surface area contributed by atoms with Gasteiger partial charge in [0, 0.05) is 55.4 Å². The minimum atomic E-state index is -0.629. The first-order valence-electron chi connectivity index (χ1n) is 14.1. The molecular formula is C30H33N5O5. The number of fused-ring (bicyclic) bond motifs is 2. The minimum absolute atomic E-state index is 0.169. The van der Waals surface area contributed by atoms with Crippen molar-refractivity contribution < 1.29 is 23.9 Å². The molecule has 4 aliphatic rings. The molecule has 2 aromatic heterocycles. The average Bonchev–Trinajstić information content (AvgIpc) is 3.61. The number of hydrogen-bond acceptors (Lipinski definition) is 7. The highest BCUT2D eigenvalue weighted by atomic mass is 16.5. The fourth-order valence-electron chi connectivity index (χ4n) is 6.59. The van der Waals surface area contributed by atoms with E-state index in [1.807, 2.05) is 18.2 Å². The number of amides is 3. The number of aromatic nitrogens is 2. The number of rotatable bonds is 7. The van der Waals surface area contributed by atoms with Gasteiger partial charge in [-0.3, -0.25) is 24.6 Å². The van der Waals surface area contributed by atoms with Crippen molar-refractivity contribution in [1.82, 2.24) is 24.7 Å². The average molecular weight is 544 g/mol. The predicted molar refractivity (Wildman–Crippen MR) is 146 cm³/mol. The van der Waals surface area contributed by atoms with Crippen molar-refractivity contribution in [2.75, 3.05) is 33.5 Å². The Balaban J connectivity index is 1.24. The molecule has 2 unspecified atom stereocenters. The fraction of sp³-hybridized carbons (Fsp3) is 0.467. The lowest BCUT2D eigenvalue weighted by Gasteiger charge is -2.29. The highest BCUT2D eigenvalue weighted by Gasteiger charge is 2.39. The van der Waals surface area contributed by atoms with E-state index < -0.39 is 11.9 Å². The van der Waals surface area contributed by atoms with Gasteiger partial charge in [-0.05, 0) is 61.2 Å². The molecular weight excluding hydrogens is 510 g/mol. The van der Waals surface area contributed by atoms with E-state index in [1.54, 1.807) is 12.0 Å². The van der Waals surface area contributed by atoms with Gasteiger partial charge >= 0.3 is 0 Å². The number of methoxy groups -OCH3 is 1. The smallest absolute Gasteiger partial charge is 0.255 e. The third-order valence-electron chi connectivity index (χ3n) is 8.84. The lowest BCUT2D eigenvalue weighted by molar-refractivity contribution is -0.136.